The minimum Gasteiger partial charge on any atom is -0.312 e. The molecule has 1 amide bonds. The van der Waals surface area contributed by atoms with Crippen LogP contribution in [0.1, 0.15) is 34.7 Å². The van der Waals surface area contributed by atoms with Crippen molar-refractivity contribution in [3.8, 4) is 0 Å². The van der Waals surface area contributed by atoms with Gasteiger partial charge in [0.2, 0.25) is 0 Å². The highest BCUT2D eigenvalue weighted by Crippen LogP contribution is 2.26. The van der Waals surface area contributed by atoms with Crippen LogP contribution in [0, 0.1) is 5.92 Å². The van der Waals surface area contributed by atoms with Crippen molar-refractivity contribution in [2.24, 2.45) is 5.92 Å². The van der Waals surface area contributed by atoms with Gasteiger partial charge in [0.1, 0.15) is 10.7 Å². The normalized spacial score (nSPS) is 10.6. The lowest BCUT2D eigenvalue weighted by Crippen LogP contribution is -2.15. The number of anilines is 1. The van der Waals surface area contributed by atoms with E-state index in [9.17, 15) is 9.59 Å². The van der Waals surface area contributed by atoms with Gasteiger partial charge in [-0.1, -0.05) is 13.8 Å². The maximum absolute atomic E-state index is 11.9. The fourth-order valence-electron chi connectivity index (χ4n) is 1.46. The lowest BCUT2D eigenvalue weighted by Gasteiger charge is -2.06. The first kappa shape index (κ1) is 12.5. The molecular formula is C12H13N3O2S. The second kappa shape index (κ2) is 5.14. The zero-order valence-electron chi connectivity index (χ0n) is 10.1. The van der Waals surface area contributed by atoms with Gasteiger partial charge in [-0.3, -0.25) is 14.7 Å². The SMILES string of the molecule is CC(C)C(=O)c1ccsc1NC(=O)c1cc[nH]n1. The number of hydrogen-bond donors (Lipinski definition) is 2. The van der Waals surface area contributed by atoms with Crippen molar-refractivity contribution >= 4 is 28.0 Å². The Morgan fingerprint density at radius 3 is 2.78 bits per heavy atom. The molecule has 2 aromatic heterocycles. The van der Waals surface area contributed by atoms with Gasteiger partial charge in [-0.2, -0.15) is 5.10 Å². The Bertz CT molecular complexity index is 558. The summed E-state index contributed by atoms with van der Waals surface area (Å²) in [7, 11) is 0. The Hall–Kier alpha value is -1.95. The summed E-state index contributed by atoms with van der Waals surface area (Å²) in [6, 6.07) is 3.31. The zero-order valence-corrected chi connectivity index (χ0v) is 10.9. The molecule has 0 aliphatic carbocycles. The first-order valence-electron chi connectivity index (χ1n) is 5.52. The third-order valence-electron chi connectivity index (χ3n) is 2.42. The van der Waals surface area contributed by atoms with E-state index in [1.165, 1.54) is 11.3 Å². The summed E-state index contributed by atoms with van der Waals surface area (Å²) in [5.41, 5.74) is 0.852. The van der Waals surface area contributed by atoms with Gasteiger partial charge in [0.05, 0.1) is 5.56 Å². The van der Waals surface area contributed by atoms with Crippen LogP contribution in [0.25, 0.3) is 0 Å². The molecule has 0 aliphatic rings. The fraction of sp³-hybridized carbons (Fsp3) is 0.250. The standard InChI is InChI=1S/C12H13N3O2S/c1-7(2)10(16)8-4-6-18-12(8)14-11(17)9-3-5-13-15-9/h3-7H,1-2H3,(H,13,15)(H,14,17). The van der Waals surface area contributed by atoms with Gasteiger partial charge >= 0.3 is 0 Å². The number of carbonyl (C=O) groups excluding carboxylic acids is 2. The van der Waals surface area contributed by atoms with Crippen LogP contribution in [0.2, 0.25) is 0 Å². The molecule has 0 aliphatic heterocycles. The molecule has 94 valence electrons. The Morgan fingerprint density at radius 2 is 2.17 bits per heavy atom. The van der Waals surface area contributed by atoms with Gasteiger partial charge in [0.15, 0.2) is 5.78 Å². The number of carbonyl (C=O) groups is 2. The number of rotatable bonds is 4. The number of aromatic nitrogens is 2. The summed E-state index contributed by atoms with van der Waals surface area (Å²) >= 11 is 1.33. The van der Waals surface area contributed by atoms with E-state index in [-0.39, 0.29) is 17.6 Å². The highest BCUT2D eigenvalue weighted by molar-refractivity contribution is 7.14. The molecule has 0 unspecified atom stereocenters. The topological polar surface area (TPSA) is 74.8 Å². The van der Waals surface area contributed by atoms with E-state index in [0.29, 0.717) is 16.3 Å². The van der Waals surface area contributed by atoms with Crippen LogP contribution in [0.15, 0.2) is 23.7 Å². The number of Topliss-reactive ketones (excluding diaryl/α,β-unsaturated/α-hetero) is 1. The van der Waals surface area contributed by atoms with Gasteiger partial charge in [-0.15, -0.1) is 11.3 Å². The average Bonchev–Trinajstić information content (AvgIpc) is 2.98. The molecule has 18 heavy (non-hydrogen) atoms. The number of aromatic amines is 1. The summed E-state index contributed by atoms with van der Waals surface area (Å²) < 4.78 is 0. The van der Waals surface area contributed by atoms with Crippen LogP contribution < -0.4 is 5.32 Å². The number of nitrogens with zero attached hydrogens (tertiary/aromatic N) is 1. The molecule has 6 heteroatoms. The van der Waals surface area contributed by atoms with E-state index < -0.39 is 0 Å². The predicted molar refractivity (Wildman–Crippen MR) is 70.0 cm³/mol. The molecule has 0 aromatic carbocycles. The van der Waals surface area contributed by atoms with E-state index in [2.05, 4.69) is 15.5 Å². The second-order valence-corrected chi connectivity index (χ2v) is 5.01. The molecule has 2 heterocycles. The van der Waals surface area contributed by atoms with Crippen molar-refractivity contribution in [2.75, 3.05) is 5.32 Å². The molecule has 5 nitrogen and oxygen atoms in total. The van der Waals surface area contributed by atoms with Crippen LogP contribution in [-0.2, 0) is 0 Å². The van der Waals surface area contributed by atoms with E-state index in [1.807, 2.05) is 13.8 Å². The third kappa shape index (κ3) is 2.48. The highest BCUT2D eigenvalue weighted by atomic mass is 32.1. The van der Waals surface area contributed by atoms with Crippen LogP contribution >= 0.6 is 11.3 Å². The van der Waals surface area contributed by atoms with Crippen molar-refractivity contribution in [1.82, 2.24) is 10.2 Å². The van der Waals surface area contributed by atoms with E-state index in [1.54, 1.807) is 23.7 Å². The van der Waals surface area contributed by atoms with Crippen LogP contribution in [0.3, 0.4) is 0 Å². The van der Waals surface area contributed by atoms with Crippen molar-refractivity contribution in [2.45, 2.75) is 13.8 Å². The van der Waals surface area contributed by atoms with Gasteiger partial charge in [-0.05, 0) is 17.5 Å². The fourth-order valence-corrected chi connectivity index (χ4v) is 2.25. The van der Waals surface area contributed by atoms with Crippen molar-refractivity contribution < 1.29 is 9.59 Å². The molecule has 2 N–H and O–H groups in total. The van der Waals surface area contributed by atoms with Gasteiger partial charge < -0.3 is 5.32 Å². The lowest BCUT2D eigenvalue weighted by atomic mass is 10.0. The van der Waals surface area contributed by atoms with E-state index >= 15 is 0 Å². The number of thiophene rings is 1. The number of H-pyrrole nitrogens is 1. The first-order chi connectivity index (χ1) is 8.59. The molecule has 0 spiro atoms. The van der Waals surface area contributed by atoms with Gasteiger partial charge in [-0.25, -0.2) is 0 Å². The van der Waals surface area contributed by atoms with Crippen LogP contribution in [0.5, 0.6) is 0 Å². The summed E-state index contributed by atoms with van der Waals surface area (Å²) in [6.07, 6.45) is 1.57. The van der Waals surface area contributed by atoms with Crippen molar-refractivity contribution in [3.63, 3.8) is 0 Å². The van der Waals surface area contributed by atoms with Crippen LogP contribution in [0.4, 0.5) is 5.00 Å². The van der Waals surface area contributed by atoms with E-state index in [0.717, 1.165) is 0 Å². The summed E-state index contributed by atoms with van der Waals surface area (Å²) in [5.74, 6) is -0.397. The molecule has 0 bridgehead atoms. The molecular weight excluding hydrogens is 250 g/mol. The Labute approximate surface area is 108 Å². The van der Waals surface area contributed by atoms with Gasteiger partial charge in [0.25, 0.3) is 5.91 Å². The largest absolute Gasteiger partial charge is 0.312 e. The Morgan fingerprint density at radius 1 is 1.39 bits per heavy atom. The zero-order chi connectivity index (χ0) is 13.1. The Kier molecular flexibility index (Phi) is 3.57. The molecule has 0 saturated heterocycles. The number of nitrogens with one attached hydrogen (secondary N) is 2. The van der Waals surface area contributed by atoms with Crippen molar-refractivity contribution in [3.05, 3.63) is 35.0 Å². The number of amides is 1. The molecule has 0 atom stereocenters. The maximum Gasteiger partial charge on any atom is 0.276 e. The maximum atomic E-state index is 11.9. The van der Waals surface area contributed by atoms with E-state index in [4.69, 9.17) is 0 Å². The Balaban J connectivity index is 2.18. The molecule has 0 saturated carbocycles. The summed E-state index contributed by atoms with van der Waals surface area (Å²) in [4.78, 5) is 23.7. The molecule has 2 aromatic rings. The molecule has 0 fully saturated rings. The minimum atomic E-state index is -0.323. The predicted octanol–water partition coefficient (Wildman–Crippen LogP) is 2.56. The number of ketones is 1. The number of hydrogen-bond acceptors (Lipinski definition) is 4. The third-order valence-corrected chi connectivity index (χ3v) is 3.25. The first-order valence-corrected chi connectivity index (χ1v) is 6.40. The van der Waals surface area contributed by atoms with Crippen LogP contribution in [-0.4, -0.2) is 21.9 Å². The molecule has 2 rings (SSSR count). The second-order valence-electron chi connectivity index (χ2n) is 4.10. The highest BCUT2D eigenvalue weighted by Gasteiger charge is 2.18. The summed E-state index contributed by atoms with van der Waals surface area (Å²) in [5, 5.41) is 11.4. The smallest absolute Gasteiger partial charge is 0.276 e. The average molecular weight is 263 g/mol. The monoisotopic (exact) mass is 263 g/mol. The molecule has 0 radical (unpaired) electrons. The van der Waals surface area contributed by atoms with Crippen molar-refractivity contribution in [1.29, 1.82) is 0 Å². The minimum absolute atomic E-state index is 0.0218. The quantitative estimate of drug-likeness (QED) is 0.832. The summed E-state index contributed by atoms with van der Waals surface area (Å²) in [6.45, 7) is 3.67. The lowest BCUT2D eigenvalue weighted by molar-refractivity contribution is 0.0940. The van der Waals surface area contributed by atoms with Gasteiger partial charge in [0, 0.05) is 12.1 Å².